The summed E-state index contributed by atoms with van der Waals surface area (Å²) >= 11 is 1.90. The minimum absolute atomic E-state index is 0.384. The van der Waals surface area contributed by atoms with Crippen molar-refractivity contribution in [1.82, 2.24) is 4.90 Å². The van der Waals surface area contributed by atoms with Crippen molar-refractivity contribution < 1.29 is 0 Å². The van der Waals surface area contributed by atoms with Crippen molar-refractivity contribution in [3.8, 4) is 0 Å². The molecule has 1 aliphatic rings. The highest BCUT2D eigenvalue weighted by molar-refractivity contribution is 7.19. The van der Waals surface area contributed by atoms with Crippen LogP contribution in [0.3, 0.4) is 0 Å². The summed E-state index contributed by atoms with van der Waals surface area (Å²) in [5.74, 6) is 0. The van der Waals surface area contributed by atoms with Gasteiger partial charge in [-0.15, -0.1) is 11.3 Å². The minimum atomic E-state index is 0.384. The molecule has 0 saturated carbocycles. The van der Waals surface area contributed by atoms with Crippen LogP contribution in [0.25, 0.3) is 10.1 Å². The quantitative estimate of drug-likeness (QED) is 0.861. The topological polar surface area (TPSA) is 29.3 Å². The first-order valence-corrected chi connectivity index (χ1v) is 6.58. The lowest BCUT2D eigenvalue weighted by atomic mass is 10.2. The average Bonchev–Trinajstić information content (AvgIpc) is 2.84. The Morgan fingerprint density at radius 3 is 3.00 bits per heavy atom. The van der Waals surface area contributed by atoms with Crippen LogP contribution < -0.4 is 5.73 Å². The molecule has 1 saturated heterocycles. The molecule has 2 aromatic rings. The van der Waals surface area contributed by atoms with Gasteiger partial charge in [0.2, 0.25) is 0 Å². The Morgan fingerprint density at radius 1 is 1.38 bits per heavy atom. The number of likely N-dealkylation sites (tertiary alicyclic amines) is 1. The summed E-state index contributed by atoms with van der Waals surface area (Å²) in [6.45, 7) is 3.26. The van der Waals surface area contributed by atoms with E-state index in [2.05, 4.69) is 35.2 Å². The smallest absolute Gasteiger partial charge is 0.0346 e. The Morgan fingerprint density at radius 2 is 2.25 bits per heavy atom. The van der Waals surface area contributed by atoms with Gasteiger partial charge in [-0.3, -0.25) is 4.90 Å². The molecule has 3 rings (SSSR count). The zero-order valence-electron chi connectivity index (χ0n) is 9.23. The second kappa shape index (κ2) is 4.17. The molecule has 1 aromatic heterocycles. The molecule has 1 atom stereocenters. The van der Waals surface area contributed by atoms with Crippen LogP contribution in [0.4, 0.5) is 0 Å². The fourth-order valence-electron chi connectivity index (χ4n) is 2.34. The Hall–Kier alpha value is -0.900. The summed E-state index contributed by atoms with van der Waals surface area (Å²) in [5.41, 5.74) is 5.92. The molecule has 2 heterocycles. The van der Waals surface area contributed by atoms with Crippen molar-refractivity contribution >= 4 is 21.4 Å². The van der Waals surface area contributed by atoms with Gasteiger partial charge in [0, 0.05) is 35.3 Å². The first-order chi connectivity index (χ1) is 7.81. The maximum atomic E-state index is 5.92. The van der Waals surface area contributed by atoms with E-state index in [1.54, 1.807) is 0 Å². The fraction of sp³-hybridized carbons (Fsp3) is 0.385. The van der Waals surface area contributed by atoms with Gasteiger partial charge in [0.25, 0.3) is 0 Å². The second-order valence-corrected chi connectivity index (χ2v) is 5.70. The number of nitrogens with zero attached hydrogens (tertiary/aromatic N) is 1. The Balaban J connectivity index is 1.79. The van der Waals surface area contributed by atoms with E-state index in [0.29, 0.717) is 6.04 Å². The number of hydrogen-bond acceptors (Lipinski definition) is 3. The largest absolute Gasteiger partial charge is 0.326 e. The van der Waals surface area contributed by atoms with Gasteiger partial charge in [0.15, 0.2) is 0 Å². The van der Waals surface area contributed by atoms with Gasteiger partial charge in [-0.1, -0.05) is 18.2 Å². The van der Waals surface area contributed by atoms with Gasteiger partial charge < -0.3 is 5.73 Å². The molecule has 0 amide bonds. The van der Waals surface area contributed by atoms with Crippen LogP contribution >= 0.6 is 11.3 Å². The van der Waals surface area contributed by atoms with Crippen LogP contribution in [0.1, 0.15) is 11.3 Å². The van der Waals surface area contributed by atoms with E-state index in [-0.39, 0.29) is 0 Å². The van der Waals surface area contributed by atoms with Crippen LogP contribution in [-0.4, -0.2) is 24.0 Å². The highest BCUT2D eigenvalue weighted by Crippen LogP contribution is 2.26. The van der Waals surface area contributed by atoms with E-state index < -0.39 is 0 Å². The van der Waals surface area contributed by atoms with Crippen LogP contribution in [0, 0.1) is 0 Å². The molecular formula is C13H16N2S. The molecule has 0 spiro atoms. The van der Waals surface area contributed by atoms with Gasteiger partial charge >= 0.3 is 0 Å². The van der Waals surface area contributed by atoms with Gasteiger partial charge in [-0.05, 0) is 23.9 Å². The van der Waals surface area contributed by atoms with Crippen molar-refractivity contribution in [2.45, 2.75) is 19.0 Å². The molecule has 0 unspecified atom stereocenters. The molecule has 0 aliphatic carbocycles. The molecule has 3 heteroatoms. The molecule has 2 N–H and O–H groups in total. The first-order valence-electron chi connectivity index (χ1n) is 5.77. The minimum Gasteiger partial charge on any atom is -0.326 e. The van der Waals surface area contributed by atoms with E-state index in [1.807, 2.05) is 11.3 Å². The monoisotopic (exact) mass is 232 g/mol. The SMILES string of the molecule is N[C@H]1CCN(Cc2cc3ccccc3s2)C1. The zero-order chi connectivity index (χ0) is 11.0. The lowest BCUT2D eigenvalue weighted by Gasteiger charge is -2.12. The average molecular weight is 232 g/mol. The number of hydrogen-bond donors (Lipinski definition) is 1. The van der Waals surface area contributed by atoms with E-state index in [1.165, 1.54) is 15.0 Å². The van der Waals surface area contributed by atoms with Crippen molar-refractivity contribution in [2.24, 2.45) is 5.73 Å². The fourth-order valence-corrected chi connectivity index (χ4v) is 3.45. The maximum Gasteiger partial charge on any atom is 0.0346 e. The van der Waals surface area contributed by atoms with Crippen molar-refractivity contribution in [1.29, 1.82) is 0 Å². The third-order valence-electron chi connectivity index (χ3n) is 3.16. The Labute approximate surface area is 99.7 Å². The lowest BCUT2D eigenvalue weighted by molar-refractivity contribution is 0.330. The van der Waals surface area contributed by atoms with Crippen molar-refractivity contribution in [2.75, 3.05) is 13.1 Å². The van der Waals surface area contributed by atoms with Gasteiger partial charge in [-0.25, -0.2) is 0 Å². The third kappa shape index (κ3) is 1.98. The summed E-state index contributed by atoms with van der Waals surface area (Å²) in [6, 6.07) is 11.3. The molecule has 1 aliphatic heterocycles. The number of benzene rings is 1. The van der Waals surface area contributed by atoms with E-state index >= 15 is 0 Å². The number of fused-ring (bicyclic) bond motifs is 1. The van der Waals surface area contributed by atoms with Crippen molar-refractivity contribution in [3.63, 3.8) is 0 Å². The summed E-state index contributed by atoms with van der Waals surface area (Å²) in [6.07, 6.45) is 1.14. The highest BCUT2D eigenvalue weighted by Gasteiger charge is 2.19. The van der Waals surface area contributed by atoms with Gasteiger partial charge in [0.05, 0.1) is 0 Å². The molecule has 1 aromatic carbocycles. The standard InChI is InChI=1S/C13H16N2S/c14-11-5-6-15(8-11)9-12-7-10-3-1-2-4-13(10)16-12/h1-4,7,11H,5-6,8-9,14H2/t11-/m0/s1. The van der Waals surface area contributed by atoms with E-state index in [9.17, 15) is 0 Å². The molecule has 0 radical (unpaired) electrons. The predicted molar refractivity (Wildman–Crippen MR) is 69.7 cm³/mol. The Kier molecular flexibility index (Phi) is 2.67. The van der Waals surface area contributed by atoms with Crippen LogP contribution in [0.15, 0.2) is 30.3 Å². The van der Waals surface area contributed by atoms with Crippen LogP contribution in [-0.2, 0) is 6.54 Å². The summed E-state index contributed by atoms with van der Waals surface area (Å²) in [5, 5.41) is 1.37. The van der Waals surface area contributed by atoms with Gasteiger partial charge in [-0.2, -0.15) is 0 Å². The summed E-state index contributed by atoms with van der Waals surface area (Å²) in [7, 11) is 0. The Bertz CT molecular complexity index is 458. The normalized spacial score (nSPS) is 21.9. The molecule has 2 nitrogen and oxygen atoms in total. The van der Waals surface area contributed by atoms with Crippen LogP contribution in [0.2, 0.25) is 0 Å². The third-order valence-corrected chi connectivity index (χ3v) is 4.27. The highest BCUT2D eigenvalue weighted by atomic mass is 32.1. The summed E-state index contributed by atoms with van der Waals surface area (Å²) in [4.78, 5) is 3.91. The first kappa shape index (κ1) is 10.3. The molecule has 84 valence electrons. The molecular weight excluding hydrogens is 216 g/mol. The van der Waals surface area contributed by atoms with E-state index in [4.69, 9.17) is 5.73 Å². The zero-order valence-corrected chi connectivity index (χ0v) is 10.0. The van der Waals surface area contributed by atoms with Crippen LogP contribution in [0.5, 0.6) is 0 Å². The second-order valence-electron chi connectivity index (χ2n) is 4.53. The van der Waals surface area contributed by atoms with Crippen molar-refractivity contribution in [3.05, 3.63) is 35.2 Å². The lowest BCUT2D eigenvalue weighted by Crippen LogP contribution is -2.25. The maximum absolute atomic E-state index is 5.92. The van der Waals surface area contributed by atoms with Gasteiger partial charge in [0.1, 0.15) is 0 Å². The molecule has 16 heavy (non-hydrogen) atoms. The molecule has 0 bridgehead atoms. The van der Waals surface area contributed by atoms with E-state index in [0.717, 1.165) is 26.1 Å². The number of nitrogens with two attached hydrogens (primary N) is 1. The summed E-state index contributed by atoms with van der Waals surface area (Å²) < 4.78 is 1.39. The number of thiophene rings is 1. The number of rotatable bonds is 2. The molecule has 1 fully saturated rings. The predicted octanol–water partition coefficient (Wildman–Crippen LogP) is 2.43.